The number of carbonyl (C=O) groups excluding carboxylic acids is 1. The molecule has 1 aliphatic rings. The maximum atomic E-state index is 12.8. The summed E-state index contributed by atoms with van der Waals surface area (Å²) in [6.45, 7) is 1.34. The van der Waals surface area contributed by atoms with E-state index in [2.05, 4.69) is 15.5 Å². The lowest BCUT2D eigenvalue weighted by atomic mass is 9.97. The van der Waals surface area contributed by atoms with Crippen LogP contribution in [0.4, 0.5) is 11.7 Å². The Hall–Kier alpha value is -3.00. The molecule has 1 fully saturated rings. The van der Waals surface area contributed by atoms with Crippen molar-refractivity contribution in [3.63, 3.8) is 0 Å². The van der Waals surface area contributed by atoms with Gasteiger partial charge in [0, 0.05) is 29.2 Å². The summed E-state index contributed by atoms with van der Waals surface area (Å²) in [6, 6.07) is 15.8. The summed E-state index contributed by atoms with van der Waals surface area (Å²) in [5, 5.41) is 7.15. The number of hydrogen-bond acceptors (Lipinski definition) is 7. The normalized spacial score (nSPS) is 16.3. The molecule has 0 radical (unpaired) electrons. The van der Waals surface area contributed by atoms with Gasteiger partial charge in [-0.3, -0.25) is 4.79 Å². The fourth-order valence-corrected chi connectivity index (χ4v) is 3.97. The van der Waals surface area contributed by atoms with E-state index in [9.17, 15) is 4.79 Å². The highest BCUT2D eigenvalue weighted by atomic mass is 32.2. The first kappa shape index (κ1) is 20.3. The standard InChI is InChI=1S/C22H24N4O3S/c1-28-18-10-8-15(9-11-18)20-24-22(29-25-20)26-12-4-5-16(14-26)21(27)23-17-6-3-7-19(13-17)30-2/h3,6-11,13,16H,4-5,12,14H2,1-2H3,(H,23,27)/t16-/m1/s1. The minimum Gasteiger partial charge on any atom is -0.497 e. The van der Waals surface area contributed by atoms with Gasteiger partial charge in [0.15, 0.2) is 0 Å². The van der Waals surface area contributed by atoms with Crippen molar-refractivity contribution in [3.05, 3.63) is 48.5 Å². The second kappa shape index (κ2) is 9.21. The van der Waals surface area contributed by atoms with E-state index >= 15 is 0 Å². The van der Waals surface area contributed by atoms with Crippen LogP contribution in [0.15, 0.2) is 57.9 Å². The van der Waals surface area contributed by atoms with Crippen molar-refractivity contribution in [3.8, 4) is 17.1 Å². The molecule has 30 heavy (non-hydrogen) atoms. The molecule has 0 unspecified atom stereocenters. The van der Waals surface area contributed by atoms with Crippen molar-refractivity contribution in [2.45, 2.75) is 17.7 Å². The van der Waals surface area contributed by atoms with Crippen LogP contribution in [0.3, 0.4) is 0 Å². The van der Waals surface area contributed by atoms with E-state index in [-0.39, 0.29) is 11.8 Å². The molecular weight excluding hydrogens is 400 g/mol. The minimum atomic E-state index is -0.131. The van der Waals surface area contributed by atoms with Crippen LogP contribution >= 0.6 is 11.8 Å². The van der Waals surface area contributed by atoms with Crippen molar-refractivity contribution >= 4 is 29.4 Å². The third-order valence-corrected chi connectivity index (χ3v) is 5.89. The fraction of sp³-hybridized carbons (Fsp3) is 0.318. The first-order chi connectivity index (χ1) is 14.7. The van der Waals surface area contributed by atoms with Crippen molar-refractivity contribution < 1.29 is 14.1 Å². The molecule has 0 aliphatic carbocycles. The SMILES string of the molecule is COc1ccc(-c2noc(N3CCC[C@@H](C(=O)Nc4cccc(SC)c4)C3)n2)cc1. The van der Waals surface area contributed by atoms with Gasteiger partial charge in [0.05, 0.1) is 13.0 Å². The molecule has 0 bridgehead atoms. The van der Waals surface area contributed by atoms with E-state index in [0.717, 1.165) is 41.3 Å². The Bertz CT molecular complexity index is 1010. The van der Waals surface area contributed by atoms with Gasteiger partial charge in [-0.15, -0.1) is 11.8 Å². The largest absolute Gasteiger partial charge is 0.497 e. The van der Waals surface area contributed by atoms with Gasteiger partial charge in [-0.1, -0.05) is 11.2 Å². The number of nitrogens with zero attached hydrogens (tertiary/aromatic N) is 3. The third kappa shape index (κ3) is 4.59. The van der Waals surface area contributed by atoms with Crippen molar-refractivity contribution in [1.82, 2.24) is 10.1 Å². The van der Waals surface area contributed by atoms with Crippen molar-refractivity contribution in [2.75, 3.05) is 36.7 Å². The van der Waals surface area contributed by atoms with Gasteiger partial charge in [0.2, 0.25) is 11.7 Å². The number of thioether (sulfide) groups is 1. The van der Waals surface area contributed by atoms with Crippen LogP contribution in [-0.4, -0.2) is 42.5 Å². The zero-order valence-corrected chi connectivity index (χ0v) is 17.8. The number of ether oxygens (including phenoxy) is 1. The molecule has 1 aliphatic heterocycles. The maximum absolute atomic E-state index is 12.8. The summed E-state index contributed by atoms with van der Waals surface area (Å²) in [7, 11) is 1.63. The Kier molecular flexibility index (Phi) is 6.23. The van der Waals surface area contributed by atoms with E-state index in [0.29, 0.717) is 18.4 Å². The zero-order chi connectivity index (χ0) is 20.9. The molecule has 1 aromatic heterocycles. The van der Waals surface area contributed by atoms with Crippen LogP contribution in [0.5, 0.6) is 5.75 Å². The number of hydrogen-bond donors (Lipinski definition) is 1. The molecule has 7 nitrogen and oxygen atoms in total. The molecule has 1 saturated heterocycles. The van der Waals surface area contributed by atoms with E-state index in [4.69, 9.17) is 9.26 Å². The van der Waals surface area contributed by atoms with Gasteiger partial charge in [-0.25, -0.2) is 0 Å². The molecule has 1 amide bonds. The second-order valence-electron chi connectivity index (χ2n) is 7.14. The van der Waals surface area contributed by atoms with Crippen molar-refractivity contribution in [2.24, 2.45) is 5.92 Å². The van der Waals surface area contributed by atoms with Crippen LogP contribution in [-0.2, 0) is 4.79 Å². The smallest absolute Gasteiger partial charge is 0.324 e. The Morgan fingerprint density at radius 1 is 1.27 bits per heavy atom. The highest BCUT2D eigenvalue weighted by Gasteiger charge is 2.28. The first-order valence-corrected chi connectivity index (χ1v) is 11.1. The molecule has 4 rings (SSSR count). The Morgan fingerprint density at radius 3 is 2.87 bits per heavy atom. The predicted octanol–water partition coefficient (Wildman–Crippen LogP) is 4.32. The monoisotopic (exact) mass is 424 g/mol. The number of carbonyl (C=O) groups is 1. The van der Waals surface area contributed by atoms with Crippen molar-refractivity contribution in [1.29, 1.82) is 0 Å². The second-order valence-corrected chi connectivity index (χ2v) is 8.02. The number of nitrogens with one attached hydrogen (secondary N) is 1. The number of rotatable bonds is 6. The average Bonchev–Trinajstić information content (AvgIpc) is 3.30. The number of amides is 1. The summed E-state index contributed by atoms with van der Waals surface area (Å²) >= 11 is 1.65. The summed E-state index contributed by atoms with van der Waals surface area (Å²) in [4.78, 5) is 20.5. The average molecular weight is 425 g/mol. The predicted molar refractivity (Wildman–Crippen MR) is 118 cm³/mol. The summed E-state index contributed by atoms with van der Waals surface area (Å²) in [5.74, 6) is 1.18. The highest BCUT2D eigenvalue weighted by molar-refractivity contribution is 7.98. The van der Waals surface area contributed by atoms with Gasteiger partial charge >= 0.3 is 6.01 Å². The lowest BCUT2D eigenvalue weighted by Crippen LogP contribution is -2.41. The molecule has 1 N–H and O–H groups in total. The van der Waals surface area contributed by atoms with Crippen LogP contribution < -0.4 is 15.0 Å². The molecule has 2 aromatic carbocycles. The lowest BCUT2D eigenvalue weighted by molar-refractivity contribution is -0.120. The number of anilines is 2. The topological polar surface area (TPSA) is 80.5 Å². The molecule has 8 heteroatoms. The van der Waals surface area contributed by atoms with Crippen LogP contribution in [0.1, 0.15) is 12.8 Å². The molecule has 156 valence electrons. The molecule has 2 heterocycles. The maximum Gasteiger partial charge on any atom is 0.324 e. The number of benzene rings is 2. The highest BCUT2D eigenvalue weighted by Crippen LogP contribution is 2.27. The lowest BCUT2D eigenvalue weighted by Gasteiger charge is -2.30. The third-order valence-electron chi connectivity index (χ3n) is 5.16. The molecular formula is C22H24N4O3S. The van der Waals surface area contributed by atoms with Gasteiger partial charge in [0.25, 0.3) is 0 Å². The van der Waals surface area contributed by atoms with E-state index in [1.807, 2.05) is 59.7 Å². The summed E-state index contributed by atoms with van der Waals surface area (Å²) < 4.78 is 10.7. The number of piperidine rings is 1. The Labute approximate surface area is 179 Å². The van der Waals surface area contributed by atoms with Gasteiger partial charge in [-0.05, 0) is 61.6 Å². The Morgan fingerprint density at radius 2 is 2.10 bits per heavy atom. The zero-order valence-electron chi connectivity index (χ0n) is 17.0. The summed E-state index contributed by atoms with van der Waals surface area (Å²) in [6.07, 6.45) is 3.75. The van der Waals surface area contributed by atoms with Gasteiger partial charge in [0.1, 0.15) is 5.75 Å². The van der Waals surface area contributed by atoms with E-state index in [1.54, 1.807) is 18.9 Å². The molecule has 1 atom stereocenters. The van der Waals surface area contributed by atoms with Gasteiger partial charge in [-0.2, -0.15) is 4.98 Å². The molecule has 3 aromatic rings. The Balaban J connectivity index is 1.42. The first-order valence-electron chi connectivity index (χ1n) is 9.84. The minimum absolute atomic E-state index is 0.0212. The molecule has 0 saturated carbocycles. The quantitative estimate of drug-likeness (QED) is 0.590. The van der Waals surface area contributed by atoms with E-state index < -0.39 is 0 Å². The van der Waals surface area contributed by atoms with E-state index in [1.165, 1.54) is 0 Å². The van der Waals surface area contributed by atoms with Gasteiger partial charge < -0.3 is 19.5 Å². The number of methoxy groups -OCH3 is 1. The molecule has 0 spiro atoms. The fourth-order valence-electron chi connectivity index (χ4n) is 3.51. The van der Waals surface area contributed by atoms with Crippen LogP contribution in [0, 0.1) is 5.92 Å². The number of aromatic nitrogens is 2. The van der Waals surface area contributed by atoms with Crippen LogP contribution in [0.2, 0.25) is 0 Å². The van der Waals surface area contributed by atoms with Crippen LogP contribution in [0.25, 0.3) is 11.4 Å². The summed E-state index contributed by atoms with van der Waals surface area (Å²) in [5.41, 5.74) is 1.68.